The molecule has 112 valence electrons. The summed E-state index contributed by atoms with van der Waals surface area (Å²) < 4.78 is 1.95. The monoisotopic (exact) mass is 285 g/mol. The molecule has 1 saturated heterocycles. The molecule has 0 unspecified atom stereocenters. The Hall–Kier alpha value is -1.65. The summed E-state index contributed by atoms with van der Waals surface area (Å²) in [5.74, 6) is 3.46. The number of rotatable bonds is 2. The molecular weight excluding hydrogens is 262 g/mol. The maximum Gasteiger partial charge on any atom is 0.158 e. The van der Waals surface area contributed by atoms with Crippen LogP contribution in [0.1, 0.15) is 50.0 Å². The van der Waals surface area contributed by atoms with Crippen LogP contribution in [0.5, 0.6) is 0 Å². The fraction of sp³-hybridized carbons (Fsp3) is 0.688. The van der Waals surface area contributed by atoms with Gasteiger partial charge in [0.1, 0.15) is 16.9 Å². The summed E-state index contributed by atoms with van der Waals surface area (Å²) in [5.41, 5.74) is 3.16. The van der Waals surface area contributed by atoms with Crippen molar-refractivity contribution in [2.75, 3.05) is 18.0 Å². The number of anilines is 1. The minimum Gasteiger partial charge on any atom is -0.354 e. The molecule has 1 saturated carbocycles. The highest BCUT2D eigenvalue weighted by atomic mass is 15.3. The largest absolute Gasteiger partial charge is 0.354 e. The SMILES string of the molecule is Cc1nn(C)c2c(N3CCC[C@H](C)C3)nc(C3CC3)nc12. The highest BCUT2D eigenvalue weighted by Crippen LogP contribution is 2.40. The highest BCUT2D eigenvalue weighted by Gasteiger charge is 2.30. The van der Waals surface area contributed by atoms with Crippen LogP contribution in [-0.4, -0.2) is 32.8 Å². The van der Waals surface area contributed by atoms with Gasteiger partial charge < -0.3 is 4.90 Å². The zero-order valence-electron chi connectivity index (χ0n) is 13.1. The minimum atomic E-state index is 0.579. The van der Waals surface area contributed by atoms with Crippen LogP contribution < -0.4 is 4.90 Å². The number of nitrogens with zero attached hydrogens (tertiary/aromatic N) is 5. The van der Waals surface area contributed by atoms with Crippen molar-refractivity contribution in [2.24, 2.45) is 13.0 Å². The first-order valence-electron chi connectivity index (χ1n) is 8.09. The maximum atomic E-state index is 4.95. The Balaban J connectivity index is 1.88. The molecule has 0 amide bonds. The number of hydrogen-bond acceptors (Lipinski definition) is 4. The Bertz CT molecular complexity index is 686. The summed E-state index contributed by atoms with van der Waals surface area (Å²) in [6, 6.07) is 0. The number of aromatic nitrogens is 4. The first-order chi connectivity index (χ1) is 10.1. The van der Waals surface area contributed by atoms with E-state index in [1.807, 2.05) is 11.7 Å². The molecule has 5 heteroatoms. The zero-order chi connectivity index (χ0) is 14.6. The van der Waals surface area contributed by atoms with E-state index < -0.39 is 0 Å². The quantitative estimate of drug-likeness (QED) is 0.851. The molecule has 21 heavy (non-hydrogen) atoms. The third-order valence-corrected chi connectivity index (χ3v) is 4.75. The van der Waals surface area contributed by atoms with Gasteiger partial charge in [-0.25, -0.2) is 9.97 Å². The lowest BCUT2D eigenvalue weighted by Crippen LogP contribution is -2.35. The second-order valence-corrected chi connectivity index (χ2v) is 6.78. The van der Waals surface area contributed by atoms with Gasteiger partial charge in [-0.3, -0.25) is 4.68 Å². The van der Waals surface area contributed by atoms with Gasteiger partial charge in [-0.05, 0) is 38.5 Å². The van der Waals surface area contributed by atoms with E-state index in [4.69, 9.17) is 9.97 Å². The van der Waals surface area contributed by atoms with Crippen molar-refractivity contribution in [2.45, 2.75) is 45.4 Å². The molecule has 1 aliphatic carbocycles. The van der Waals surface area contributed by atoms with Gasteiger partial charge in [0, 0.05) is 26.1 Å². The Morgan fingerprint density at radius 3 is 2.67 bits per heavy atom. The van der Waals surface area contributed by atoms with E-state index in [0.717, 1.165) is 47.4 Å². The van der Waals surface area contributed by atoms with Crippen LogP contribution in [0.25, 0.3) is 11.0 Å². The van der Waals surface area contributed by atoms with Gasteiger partial charge in [0.2, 0.25) is 0 Å². The number of fused-ring (bicyclic) bond motifs is 1. The second-order valence-electron chi connectivity index (χ2n) is 6.78. The van der Waals surface area contributed by atoms with Gasteiger partial charge in [-0.2, -0.15) is 5.10 Å². The topological polar surface area (TPSA) is 46.8 Å². The minimum absolute atomic E-state index is 0.579. The van der Waals surface area contributed by atoms with Crippen LogP contribution in [0.15, 0.2) is 0 Å². The van der Waals surface area contributed by atoms with Crippen LogP contribution in [0.2, 0.25) is 0 Å². The van der Waals surface area contributed by atoms with Gasteiger partial charge in [0.25, 0.3) is 0 Å². The van der Waals surface area contributed by atoms with Crippen LogP contribution in [-0.2, 0) is 7.05 Å². The van der Waals surface area contributed by atoms with Gasteiger partial charge >= 0.3 is 0 Å². The summed E-state index contributed by atoms with van der Waals surface area (Å²) in [7, 11) is 2.01. The van der Waals surface area contributed by atoms with Gasteiger partial charge in [0.05, 0.1) is 5.69 Å². The predicted molar refractivity (Wildman–Crippen MR) is 83.6 cm³/mol. The van der Waals surface area contributed by atoms with Crippen molar-refractivity contribution in [3.05, 3.63) is 11.5 Å². The van der Waals surface area contributed by atoms with Gasteiger partial charge in [-0.1, -0.05) is 6.92 Å². The fourth-order valence-corrected chi connectivity index (χ4v) is 3.46. The summed E-state index contributed by atoms with van der Waals surface area (Å²) in [6.07, 6.45) is 5.05. The average molecular weight is 285 g/mol. The van der Waals surface area contributed by atoms with Crippen LogP contribution >= 0.6 is 0 Å². The third-order valence-electron chi connectivity index (χ3n) is 4.75. The van der Waals surface area contributed by atoms with E-state index in [2.05, 4.69) is 23.8 Å². The number of aryl methyl sites for hydroxylation is 2. The molecule has 2 aliphatic rings. The lowest BCUT2D eigenvalue weighted by Gasteiger charge is -2.32. The van der Waals surface area contributed by atoms with Crippen molar-refractivity contribution in [1.82, 2.24) is 19.7 Å². The van der Waals surface area contributed by atoms with Crippen LogP contribution in [0.4, 0.5) is 5.82 Å². The van der Waals surface area contributed by atoms with E-state index in [1.54, 1.807) is 0 Å². The molecule has 1 atom stereocenters. The molecular formula is C16H23N5. The number of piperidine rings is 1. The molecule has 5 nitrogen and oxygen atoms in total. The lowest BCUT2D eigenvalue weighted by molar-refractivity contribution is 0.444. The lowest BCUT2D eigenvalue weighted by atomic mass is 10.0. The molecule has 0 spiro atoms. The normalized spacial score (nSPS) is 23.0. The van der Waals surface area contributed by atoms with E-state index in [1.165, 1.54) is 25.7 Å². The average Bonchev–Trinajstić information content (AvgIpc) is 3.26. The smallest absolute Gasteiger partial charge is 0.158 e. The third kappa shape index (κ3) is 2.19. The molecule has 1 aliphatic heterocycles. The summed E-state index contributed by atoms with van der Waals surface area (Å²) in [6.45, 7) is 6.58. The van der Waals surface area contributed by atoms with Crippen LogP contribution in [0, 0.1) is 12.8 Å². The summed E-state index contributed by atoms with van der Waals surface area (Å²) in [4.78, 5) is 12.2. The molecule has 2 aromatic rings. The fourth-order valence-electron chi connectivity index (χ4n) is 3.46. The summed E-state index contributed by atoms with van der Waals surface area (Å²) in [5, 5.41) is 4.57. The van der Waals surface area contributed by atoms with E-state index in [9.17, 15) is 0 Å². The van der Waals surface area contributed by atoms with E-state index in [0.29, 0.717) is 5.92 Å². The van der Waals surface area contributed by atoms with Crippen molar-refractivity contribution < 1.29 is 0 Å². The van der Waals surface area contributed by atoms with Crippen molar-refractivity contribution >= 4 is 16.9 Å². The predicted octanol–water partition coefficient (Wildman–Crippen LogP) is 2.79. The van der Waals surface area contributed by atoms with Crippen molar-refractivity contribution in [3.63, 3.8) is 0 Å². The van der Waals surface area contributed by atoms with Crippen molar-refractivity contribution in [1.29, 1.82) is 0 Å². The Morgan fingerprint density at radius 2 is 1.95 bits per heavy atom. The number of hydrogen-bond donors (Lipinski definition) is 0. The molecule has 4 rings (SSSR count). The molecule has 0 aromatic carbocycles. The molecule has 3 heterocycles. The Labute approximate surface area is 125 Å². The molecule has 2 aromatic heterocycles. The molecule has 2 fully saturated rings. The van der Waals surface area contributed by atoms with E-state index in [-0.39, 0.29) is 0 Å². The maximum absolute atomic E-state index is 4.95. The zero-order valence-corrected chi connectivity index (χ0v) is 13.1. The van der Waals surface area contributed by atoms with Crippen molar-refractivity contribution in [3.8, 4) is 0 Å². The first kappa shape index (κ1) is 13.0. The summed E-state index contributed by atoms with van der Waals surface area (Å²) >= 11 is 0. The van der Waals surface area contributed by atoms with Gasteiger partial charge in [0.15, 0.2) is 5.82 Å². The second kappa shape index (κ2) is 4.68. The van der Waals surface area contributed by atoms with Gasteiger partial charge in [-0.15, -0.1) is 0 Å². The van der Waals surface area contributed by atoms with E-state index >= 15 is 0 Å². The Kier molecular flexibility index (Phi) is 2.91. The molecule has 0 radical (unpaired) electrons. The van der Waals surface area contributed by atoms with Crippen LogP contribution in [0.3, 0.4) is 0 Å². The first-order valence-corrected chi connectivity index (χ1v) is 8.09. The molecule has 0 N–H and O–H groups in total. The molecule has 0 bridgehead atoms. The Morgan fingerprint density at radius 1 is 1.14 bits per heavy atom. The standard InChI is InChI=1S/C16H23N5/c1-10-5-4-8-21(9-10)16-14-13(11(2)19-20(14)3)17-15(18-16)12-6-7-12/h10,12H,4-9H2,1-3H3/t10-/m0/s1. The highest BCUT2D eigenvalue weighted by molar-refractivity contribution is 5.88.